The van der Waals surface area contributed by atoms with Crippen LogP contribution in [0.3, 0.4) is 0 Å². The molecule has 5 heteroatoms. The summed E-state index contributed by atoms with van der Waals surface area (Å²) in [5, 5.41) is 3.54. The van der Waals surface area contributed by atoms with Gasteiger partial charge in [0.05, 0.1) is 0 Å². The molecule has 1 atom stereocenters. The lowest BCUT2D eigenvalue weighted by atomic mass is 10.1. The van der Waals surface area contributed by atoms with E-state index in [1.807, 2.05) is 13.8 Å². The summed E-state index contributed by atoms with van der Waals surface area (Å²) in [4.78, 5) is 11.9. The van der Waals surface area contributed by atoms with Gasteiger partial charge in [0.25, 0.3) is 5.91 Å². The highest BCUT2D eigenvalue weighted by molar-refractivity contribution is 9.10. The van der Waals surface area contributed by atoms with Crippen LogP contribution in [0.4, 0.5) is 4.39 Å². The second-order valence-electron chi connectivity index (χ2n) is 4.14. The lowest BCUT2D eigenvalue weighted by Gasteiger charge is -2.20. The maximum atomic E-state index is 13.1. The minimum absolute atomic E-state index is 0.0320. The van der Waals surface area contributed by atoms with Gasteiger partial charge in [-0.15, -0.1) is 0 Å². The molecule has 0 radical (unpaired) electrons. The number of rotatable bonds is 4. The van der Waals surface area contributed by atoms with Crippen molar-refractivity contribution in [1.82, 2.24) is 5.32 Å². The van der Waals surface area contributed by atoms with Crippen molar-refractivity contribution in [1.29, 1.82) is 0 Å². The molecule has 1 unspecified atom stereocenters. The number of nitrogens with one attached hydrogen (secondary N) is 1. The third kappa shape index (κ3) is 4.39. The molecule has 0 heterocycles. The van der Waals surface area contributed by atoms with Crippen molar-refractivity contribution in [2.24, 2.45) is 5.92 Å². The molecule has 1 aromatic carbocycles. The number of halogens is 3. The first-order chi connectivity index (χ1) is 7.93. The number of amides is 1. The number of benzene rings is 1. The van der Waals surface area contributed by atoms with Crippen molar-refractivity contribution in [2.75, 3.05) is 5.33 Å². The molecule has 94 valence electrons. The van der Waals surface area contributed by atoms with Crippen LogP contribution >= 0.6 is 31.9 Å². The molecule has 1 N–H and O–H groups in total. The Labute approximate surface area is 117 Å². The lowest BCUT2D eigenvalue weighted by Crippen LogP contribution is -2.39. The zero-order chi connectivity index (χ0) is 13.0. The van der Waals surface area contributed by atoms with Gasteiger partial charge in [-0.3, -0.25) is 4.79 Å². The minimum atomic E-state index is -0.426. The maximum absolute atomic E-state index is 13.1. The van der Waals surface area contributed by atoms with Crippen molar-refractivity contribution >= 4 is 37.8 Å². The van der Waals surface area contributed by atoms with Gasteiger partial charge < -0.3 is 5.32 Å². The van der Waals surface area contributed by atoms with Crippen molar-refractivity contribution in [2.45, 2.75) is 19.9 Å². The maximum Gasteiger partial charge on any atom is 0.251 e. The Kier molecular flexibility index (Phi) is 5.59. The smallest absolute Gasteiger partial charge is 0.251 e. The molecule has 0 spiro atoms. The third-order valence-corrected chi connectivity index (χ3v) is 3.57. The van der Waals surface area contributed by atoms with E-state index in [0.29, 0.717) is 21.3 Å². The Morgan fingerprint density at radius 1 is 1.41 bits per heavy atom. The molecule has 0 saturated carbocycles. The summed E-state index contributed by atoms with van der Waals surface area (Å²) in [5.74, 6) is -0.372. The number of carbonyl (C=O) groups excluding carboxylic acids is 1. The highest BCUT2D eigenvalue weighted by atomic mass is 79.9. The summed E-state index contributed by atoms with van der Waals surface area (Å²) >= 11 is 6.51. The van der Waals surface area contributed by atoms with Gasteiger partial charge in [0.15, 0.2) is 0 Å². The molecule has 1 aromatic rings. The molecular formula is C12H14Br2FNO. The Bertz CT molecular complexity index is 389. The van der Waals surface area contributed by atoms with E-state index in [9.17, 15) is 9.18 Å². The van der Waals surface area contributed by atoms with Crippen LogP contribution in [0.2, 0.25) is 0 Å². The first-order valence-corrected chi connectivity index (χ1v) is 7.18. The lowest BCUT2D eigenvalue weighted by molar-refractivity contribution is 0.0931. The van der Waals surface area contributed by atoms with E-state index >= 15 is 0 Å². The van der Waals surface area contributed by atoms with Gasteiger partial charge in [0.1, 0.15) is 5.82 Å². The van der Waals surface area contributed by atoms with Crippen LogP contribution in [0.15, 0.2) is 22.7 Å². The highest BCUT2D eigenvalue weighted by Gasteiger charge is 2.16. The summed E-state index contributed by atoms with van der Waals surface area (Å²) in [6, 6.07) is 4.18. The third-order valence-electron chi connectivity index (χ3n) is 2.41. The first-order valence-electron chi connectivity index (χ1n) is 5.27. The fraction of sp³-hybridized carbons (Fsp3) is 0.417. The molecular weight excluding hydrogens is 353 g/mol. The molecule has 0 saturated heterocycles. The van der Waals surface area contributed by atoms with E-state index < -0.39 is 5.82 Å². The molecule has 0 aromatic heterocycles. The zero-order valence-electron chi connectivity index (χ0n) is 9.64. The molecule has 2 nitrogen and oxygen atoms in total. The standard InChI is InChI=1S/C12H14Br2FNO/c1-7(2)11(6-13)16-12(17)8-3-9(14)5-10(15)4-8/h3-5,7,11H,6H2,1-2H3,(H,16,17). The second kappa shape index (κ2) is 6.50. The summed E-state index contributed by atoms with van der Waals surface area (Å²) < 4.78 is 13.7. The summed E-state index contributed by atoms with van der Waals surface area (Å²) in [5.41, 5.74) is 0.323. The predicted molar refractivity (Wildman–Crippen MR) is 74.0 cm³/mol. The fourth-order valence-electron chi connectivity index (χ4n) is 1.32. The van der Waals surface area contributed by atoms with Gasteiger partial charge in [-0.25, -0.2) is 4.39 Å². The van der Waals surface area contributed by atoms with Crippen molar-refractivity contribution in [3.05, 3.63) is 34.1 Å². The van der Waals surface area contributed by atoms with E-state index in [4.69, 9.17) is 0 Å². The van der Waals surface area contributed by atoms with Crippen LogP contribution in [-0.2, 0) is 0 Å². The zero-order valence-corrected chi connectivity index (χ0v) is 12.8. The molecule has 0 aliphatic carbocycles. The van der Waals surface area contributed by atoms with Crippen LogP contribution < -0.4 is 5.32 Å². The van der Waals surface area contributed by atoms with Gasteiger partial charge in [-0.05, 0) is 24.1 Å². The van der Waals surface area contributed by atoms with Gasteiger partial charge in [0, 0.05) is 21.4 Å². The first kappa shape index (κ1) is 14.6. The molecule has 0 aliphatic rings. The normalized spacial score (nSPS) is 12.6. The van der Waals surface area contributed by atoms with E-state index in [-0.39, 0.29) is 11.9 Å². The van der Waals surface area contributed by atoms with E-state index in [2.05, 4.69) is 37.2 Å². The van der Waals surface area contributed by atoms with Gasteiger partial charge in [-0.2, -0.15) is 0 Å². The molecule has 0 bridgehead atoms. The van der Waals surface area contributed by atoms with Crippen molar-refractivity contribution in [3.8, 4) is 0 Å². The number of hydrogen-bond acceptors (Lipinski definition) is 1. The van der Waals surface area contributed by atoms with Crippen LogP contribution in [0.1, 0.15) is 24.2 Å². The molecule has 17 heavy (non-hydrogen) atoms. The van der Waals surface area contributed by atoms with Crippen molar-refractivity contribution < 1.29 is 9.18 Å². The van der Waals surface area contributed by atoms with Crippen LogP contribution in [0, 0.1) is 11.7 Å². The topological polar surface area (TPSA) is 29.1 Å². The molecule has 1 rings (SSSR count). The Hall–Kier alpha value is -0.420. The number of carbonyl (C=O) groups is 1. The van der Waals surface area contributed by atoms with Crippen LogP contribution in [0.5, 0.6) is 0 Å². The Morgan fingerprint density at radius 3 is 2.53 bits per heavy atom. The summed E-state index contributed by atoms with van der Waals surface area (Å²) in [6.07, 6.45) is 0. The van der Waals surface area contributed by atoms with E-state index in [1.54, 1.807) is 6.07 Å². The predicted octanol–water partition coefficient (Wildman–Crippen LogP) is 3.74. The highest BCUT2D eigenvalue weighted by Crippen LogP contribution is 2.15. The van der Waals surface area contributed by atoms with Crippen LogP contribution in [-0.4, -0.2) is 17.3 Å². The fourth-order valence-corrected chi connectivity index (χ4v) is 2.69. The monoisotopic (exact) mass is 365 g/mol. The second-order valence-corrected chi connectivity index (χ2v) is 5.70. The summed E-state index contributed by atoms with van der Waals surface area (Å²) in [7, 11) is 0. The van der Waals surface area contributed by atoms with Crippen molar-refractivity contribution in [3.63, 3.8) is 0 Å². The van der Waals surface area contributed by atoms with E-state index in [0.717, 1.165) is 0 Å². The number of alkyl halides is 1. The molecule has 0 aliphatic heterocycles. The average molecular weight is 367 g/mol. The molecule has 0 fully saturated rings. The minimum Gasteiger partial charge on any atom is -0.348 e. The number of hydrogen-bond donors (Lipinski definition) is 1. The van der Waals surface area contributed by atoms with Gasteiger partial charge in [0.2, 0.25) is 0 Å². The summed E-state index contributed by atoms with van der Waals surface area (Å²) in [6.45, 7) is 4.04. The van der Waals surface area contributed by atoms with E-state index in [1.165, 1.54) is 12.1 Å². The quantitative estimate of drug-likeness (QED) is 0.808. The Balaban J connectivity index is 2.82. The van der Waals surface area contributed by atoms with Crippen LogP contribution in [0.25, 0.3) is 0 Å². The largest absolute Gasteiger partial charge is 0.348 e. The molecule has 1 amide bonds. The SMILES string of the molecule is CC(C)C(CBr)NC(=O)c1cc(F)cc(Br)c1. The van der Waals surface area contributed by atoms with Gasteiger partial charge >= 0.3 is 0 Å². The average Bonchev–Trinajstić information content (AvgIpc) is 2.23. The Morgan fingerprint density at radius 2 is 2.06 bits per heavy atom. The van der Waals surface area contributed by atoms with Gasteiger partial charge in [-0.1, -0.05) is 45.7 Å².